The van der Waals surface area contributed by atoms with E-state index in [0.717, 1.165) is 11.8 Å². The van der Waals surface area contributed by atoms with Crippen molar-refractivity contribution < 1.29 is 0 Å². The average Bonchev–Trinajstić information content (AvgIpc) is 2.46. The maximum Gasteiger partial charge on any atom is 0.0292 e. The first-order valence-electron chi connectivity index (χ1n) is 6.95. The van der Waals surface area contributed by atoms with E-state index < -0.39 is 0 Å². The second-order valence-electron chi connectivity index (χ2n) is 5.12. The van der Waals surface area contributed by atoms with E-state index in [4.69, 9.17) is 0 Å². The molecule has 2 unspecified atom stereocenters. The summed E-state index contributed by atoms with van der Waals surface area (Å²) in [7, 11) is 0. The quantitative estimate of drug-likeness (QED) is 0.823. The van der Waals surface area contributed by atoms with Gasteiger partial charge in [-0.25, -0.2) is 0 Å². The van der Waals surface area contributed by atoms with Crippen LogP contribution in [-0.4, -0.2) is 18.1 Å². The lowest BCUT2D eigenvalue weighted by Gasteiger charge is -2.16. The van der Waals surface area contributed by atoms with Crippen LogP contribution in [0.4, 0.5) is 0 Å². The van der Waals surface area contributed by atoms with E-state index in [2.05, 4.69) is 67.9 Å². The summed E-state index contributed by atoms with van der Waals surface area (Å²) in [4.78, 5) is 0. The van der Waals surface area contributed by atoms with Crippen molar-refractivity contribution in [3.63, 3.8) is 0 Å². The van der Waals surface area contributed by atoms with Gasteiger partial charge in [0, 0.05) is 11.3 Å². The van der Waals surface area contributed by atoms with E-state index >= 15 is 0 Å². The molecule has 19 heavy (non-hydrogen) atoms. The van der Waals surface area contributed by atoms with E-state index in [1.807, 2.05) is 11.8 Å². The Bertz CT molecular complexity index is 523. The van der Waals surface area contributed by atoms with Crippen molar-refractivity contribution >= 4 is 22.5 Å². The lowest BCUT2D eigenvalue weighted by Crippen LogP contribution is -2.21. The normalized spacial score (nSPS) is 14.5. The first-order chi connectivity index (χ1) is 9.20. The zero-order valence-electron chi connectivity index (χ0n) is 12.0. The van der Waals surface area contributed by atoms with Crippen LogP contribution in [0.1, 0.15) is 31.9 Å². The van der Waals surface area contributed by atoms with Crippen LogP contribution in [-0.2, 0) is 0 Å². The van der Waals surface area contributed by atoms with E-state index in [-0.39, 0.29) is 0 Å². The van der Waals surface area contributed by atoms with Gasteiger partial charge in [-0.05, 0) is 48.5 Å². The van der Waals surface area contributed by atoms with E-state index in [1.54, 1.807) is 0 Å². The Kier molecular flexibility index (Phi) is 5.29. The molecule has 102 valence electrons. The number of benzene rings is 2. The minimum Gasteiger partial charge on any atom is -0.310 e. The minimum atomic E-state index is 0.415. The number of thioether (sulfide) groups is 1. The highest BCUT2D eigenvalue weighted by Gasteiger charge is 2.06. The Morgan fingerprint density at radius 2 is 1.79 bits per heavy atom. The number of nitrogens with one attached hydrogen (secondary N) is 1. The lowest BCUT2D eigenvalue weighted by atomic mass is 10.0. The minimum absolute atomic E-state index is 0.415. The molecule has 1 nitrogen and oxygen atoms in total. The summed E-state index contributed by atoms with van der Waals surface area (Å²) < 4.78 is 0. The Morgan fingerprint density at radius 1 is 1.05 bits per heavy atom. The van der Waals surface area contributed by atoms with Crippen molar-refractivity contribution in [1.82, 2.24) is 5.32 Å². The van der Waals surface area contributed by atoms with Gasteiger partial charge in [-0.1, -0.05) is 43.3 Å². The molecular formula is C17H23NS. The fourth-order valence-electron chi connectivity index (χ4n) is 2.22. The fraction of sp³-hybridized carbons (Fsp3) is 0.412. The van der Waals surface area contributed by atoms with Crippen LogP contribution in [0.15, 0.2) is 42.5 Å². The predicted molar refractivity (Wildman–Crippen MR) is 88.0 cm³/mol. The highest BCUT2D eigenvalue weighted by molar-refractivity contribution is 7.99. The van der Waals surface area contributed by atoms with Gasteiger partial charge in [0.05, 0.1) is 0 Å². The van der Waals surface area contributed by atoms with Crippen LogP contribution in [0.5, 0.6) is 0 Å². The molecule has 1 N–H and O–H groups in total. The third-order valence-corrected chi connectivity index (χ3v) is 4.72. The van der Waals surface area contributed by atoms with Gasteiger partial charge in [-0.15, -0.1) is 0 Å². The third kappa shape index (κ3) is 3.99. The Morgan fingerprint density at radius 3 is 2.53 bits per heavy atom. The number of hydrogen-bond acceptors (Lipinski definition) is 2. The molecule has 0 fully saturated rings. The van der Waals surface area contributed by atoms with Gasteiger partial charge < -0.3 is 5.32 Å². The molecule has 0 bridgehead atoms. The van der Waals surface area contributed by atoms with E-state index in [0.29, 0.717) is 6.04 Å². The SMILES string of the molecule is CSC(C)CCNC(C)c1ccc2ccccc2c1. The van der Waals surface area contributed by atoms with Gasteiger partial charge in [-0.2, -0.15) is 11.8 Å². The second-order valence-corrected chi connectivity index (χ2v) is 6.39. The topological polar surface area (TPSA) is 12.0 Å². The molecule has 0 spiro atoms. The molecule has 0 aliphatic heterocycles. The molecule has 0 saturated heterocycles. The maximum atomic E-state index is 3.62. The summed E-state index contributed by atoms with van der Waals surface area (Å²) >= 11 is 1.93. The van der Waals surface area contributed by atoms with E-state index in [1.165, 1.54) is 22.8 Å². The molecule has 0 aliphatic rings. The molecule has 2 atom stereocenters. The molecule has 2 aromatic rings. The van der Waals surface area contributed by atoms with Crippen LogP contribution in [0.2, 0.25) is 0 Å². The van der Waals surface area contributed by atoms with Crippen LogP contribution >= 0.6 is 11.8 Å². The van der Waals surface area contributed by atoms with Crippen molar-refractivity contribution in [2.45, 2.75) is 31.6 Å². The molecule has 0 radical (unpaired) electrons. The smallest absolute Gasteiger partial charge is 0.0292 e. The summed E-state index contributed by atoms with van der Waals surface area (Å²) in [5.74, 6) is 0. The molecular weight excluding hydrogens is 250 g/mol. The average molecular weight is 273 g/mol. The zero-order valence-corrected chi connectivity index (χ0v) is 12.8. The highest BCUT2D eigenvalue weighted by Crippen LogP contribution is 2.20. The molecule has 0 saturated carbocycles. The predicted octanol–water partition coefficient (Wildman–Crippen LogP) is 4.63. The van der Waals surface area contributed by atoms with Crippen molar-refractivity contribution in [3.8, 4) is 0 Å². The Balaban J connectivity index is 1.99. The van der Waals surface area contributed by atoms with Gasteiger partial charge in [-0.3, -0.25) is 0 Å². The number of rotatable bonds is 6. The standard InChI is InChI=1S/C17H23NS/c1-13(19-3)10-11-18-14(2)16-9-8-15-6-4-5-7-17(15)12-16/h4-9,12-14,18H,10-11H2,1-3H3. The maximum absolute atomic E-state index is 3.62. The number of hydrogen-bond donors (Lipinski definition) is 1. The van der Waals surface area contributed by atoms with Crippen LogP contribution in [0, 0.1) is 0 Å². The van der Waals surface area contributed by atoms with Crippen LogP contribution in [0.3, 0.4) is 0 Å². The van der Waals surface area contributed by atoms with Crippen molar-refractivity contribution in [2.75, 3.05) is 12.8 Å². The van der Waals surface area contributed by atoms with Gasteiger partial charge in [0.1, 0.15) is 0 Å². The Labute approximate surface area is 120 Å². The van der Waals surface area contributed by atoms with Crippen molar-refractivity contribution in [2.24, 2.45) is 0 Å². The van der Waals surface area contributed by atoms with Crippen molar-refractivity contribution in [1.29, 1.82) is 0 Å². The van der Waals surface area contributed by atoms with Gasteiger partial charge in [0.25, 0.3) is 0 Å². The van der Waals surface area contributed by atoms with Gasteiger partial charge in [0.2, 0.25) is 0 Å². The Hall–Kier alpha value is -0.990. The third-order valence-electron chi connectivity index (χ3n) is 3.68. The van der Waals surface area contributed by atoms with E-state index in [9.17, 15) is 0 Å². The fourth-order valence-corrected chi connectivity index (χ4v) is 2.57. The first-order valence-corrected chi connectivity index (χ1v) is 8.24. The lowest BCUT2D eigenvalue weighted by molar-refractivity contribution is 0.558. The molecule has 0 aromatic heterocycles. The summed E-state index contributed by atoms with van der Waals surface area (Å²) in [5, 5.41) is 6.99. The van der Waals surface area contributed by atoms with Gasteiger partial charge >= 0.3 is 0 Å². The second kappa shape index (κ2) is 6.97. The van der Waals surface area contributed by atoms with Crippen molar-refractivity contribution in [3.05, 3.63) is 48.0 Å². The first kappa shape index (κ1) is 14.4. The molecule has 0 aliphatic carbocycles. The van der Waals surface area contributed by atoms with Crippen LogP contribution < -0.4 is 5.32 Å². The molecule has 0 amide bonds. The molecule has 2 rings (SSSR count). The molecule has 2 aromatic carbocycles. The zero-order chi connectivity index (χ0) is 13.7. The monoisotopic (exact) mass is 273 g/mol. The van der Waals surface area contributed by atoms with Gasteiger partial charge in [0.15, 0.2) is 0 Å². The highest BCUT2D eigenvalue weighted by atomic mass is 32.2. The summed E-state index contributed by atoms with van der Waals surface area (Å²) in [5.41, 5.74) is 1.37. The number of fused-ring (bicyclic) bond motifs is 1. The summed E-state index contributed by atoms with van der Waals surface area (Å²) in [6.07, 6.45) is 3.40. The van der Waals surface area contributed by atoms with Crippen LogP contribution in [0.25, 0.3) is 10.8 Å². The summed E-state index contributed by atoms with van der Waals surface area (Å²) in [6.45, 7) is 5.61. The summed E-state index contributed by atoms with van der Waals surface area (Å²) in [6, 6.07) is 15.7. The molecule has 0 heterocycles. The molecule has 2 heteroatoms. The largest absolute Gasteiger partial charge is 0.310 e.